The first kappa shape index (κ1) is 7.65. The summed E-state index contributed by atoms with van der Waals surface area (Å²) in [4.78, 5) is 11.4. The average Bonchev–Trinajstić information content (AvgIpc) is 2.34. The number of hydrogen-bond donors (Lipinski definition) is 1. The Morgan fingerprint density at radius 2 is 2.27 bits per heavy atom. The predicted octanol–water partition coefficient (Wildman–Crippen LogP) is 1.70. The van der Waals surface area contributed by atoms with E-state index in [1.165, 1.54) is 7.05 Å². The fourth-order valence-corrected chi connectivity index (χ4v) is 0.696. The zero-order valence-corrected chi connectivity index (χ0v) is 6.37. The van der Waals surface area contributed by atoms with Crippen molar-refractivity contribution in [3.8, 4) is 0 Å². The van der Waals surface area contributed by atoms with Crippen molar-refractivity contribution in [2.45, 2.75) is 6.92 Å². The molecule has 0 aliphatic heterocycles. The molecule has 0 fully saturated rings. The number of hydrogen-bond acceptors (Lipinski definition) is 2. The molecule has 0 radical (unpaired) electrons. The summed E-state index contributed by atoms with van der Waals surface area (Å²) in [6, 6.07) is 3.33. The molecule has 0 aliphatic rings. The minimum Gasteiger partial charge on any atom is -0.465 e. The molecule has 0 aliphatic carbocycles. The zero-order valence-electron chi connectivity index (χ0n) is 6.37. The Morgan fingerprint density at radius 1 is 1.64 bits per heavy atom. The molecule has 0 aromatic carbocycles. The van der Waals surface area contributed by atoms with Gasteiger partial charge in [0.2, 0.25) is 5.88 Å². The van der Waals surface area contributed by atoms with Crippen LogP contribution >= 0.6 is 0 Å². The van der Waals surface area contributed by atoms with Gasteiger partial charge >= 0.3 is 6.09 Å². The summed E-state index contributed by atoms with van der Waals surface area (Å²) in [6.07, 6.45) is -1.03. The number of rotatable bonds is 1. The minimum atomic E-state index is -1.03. The van der Waals surface area contributed by atoms with Crippen LogP contribution in [0.2, 0.25) is 0 Å². The third-order valence-corrected chi connectivity index (χ3v) is 1.34. The summed E-state index contributed by atoms with van der Waals surface area (Å²) < 4.78 is 5.05. The number of aryl methyl sites for hydroxylation is 1. The van der Waals surface area contributed by atoms with E-state index in [0.29, 0.717) is 11.6 Å². The summed E-state index contributed by atoms with van der Waals surface area (Å²) in [6.45, 7) is 1.76. The molecule has 1 N–H and O–H groups in total. The van der Waals surface area contributed by atoms with E-state index in [1.54, 1.807) is 19.1 Å². The molecule has 1 amide bonds. The summed E-state index contributed by atoms with van der Waals surface area (Å²) in [5.74, 6) is 1.04. The molecule has 11 heavy (non-hydrogen) atoms. The van der Waals surface area contributed by atoms with E-state index in [1.807, 2.05) is 0 Å². The van der Waals surface area contributed by atoms with Crippen LogP contribution in [0.5, 0.6) is 0 Å². The highest BCUT2D eigenvalue weighted by atomic mass is 16.4. The normalized spacial score (nSPS) is 9.64. The molecule has 0 saturated carbocycles. The Morgan fingerprint density at radius 3 is 2.64 bits per heavy atom. The van der Waals surface area contributed by atoms with Crippen molar-refractivity contribution in [2.24, 2.45) is 0 Å². The van der Waals surface area contributed by atoms with Gasteiger partial charge in [-0.05, 0) is 13.0 Å². The van der Waals surface area contributed by atoms with Gasteiger partial charge in [-0.1, -0.05) is 0 Å². The molecule has 0 saturated heterocycles. The van der Waals surface area contributed by atoms with Gasteiger partial charge in [0, 0.05) is 13.1 Å². The van der Waals surface area contributed by atoms with Crippen LogP contribution in [0, 0.1) is 6.92 Å². The Hall–Kier alpha value is -1.45. The largest absolute Gasteiger partial charge is 0.465 e. The molecular weight excluding hydrogens is 146 g/mol. The lowest BCUT2D eigenvalue weighted by atomic mass is 10.5. The van der Waals surface area contributed by atoms with Gasteiger partial charge in [-0.15, -0.1) is 0 Å². The Kier molecular flexibility index (Phi) is 1.85. The summed E-state index contributed by atoms with van der Waals surface area (Å²) in [5, 5.41) is 8.51. The second kappa shape index (κ2) is 2.65. The maximum Gasteiger partial charge on any atom is 0.413 e. The summed E-state index contributed by atoms with van der Waals surface area (Å²) >= 11 is 0. The Labute approximate surface area is 64.0 Å². The number of anilines is 1. The molecule has 4 heteroatoms. The third kappa shape index (κ3) is 1.52. The van der Waals surface area contributed by atoms with E-state index in [2.05, 4.69) is 0 Å². The lowest BCUT2D eigenvalue weighted by molar-refractivity contribution is 0.202. The first-order valence-electron chi connectivity index (χ1n) is 3.14. The Balaban J connectivity index is 2.84. The Bertz CT molecular complexity index is 266. The minimum absolute atomic E-state index is 0.343. The highest BCUT2D eigenvalue weighted by Crippen LogP contribution is 2.15. The second-order valence-electron chi connectivity index (χ2n) is 2.23. The number of carbonyl (C=O) groups is 1. The van der Waals surface area contributed by atoms with E-state index in [0.717, 1.165) is 4.90 Å². The SMILES string of the molecule is Cc1ccc(N(C)C(=O)O)o1. The number of nitrogens with zero attached hydrogens (tertiary/aromatic N) is 1. The smallest absolute Gasteiger partial charge is 0.413 e. The van der Waals surface area contributed by atoms with Crippen LogP contribution in [0.1, 0.15) is 5.76 Å². The first-order valence-corrected chi connectivity index (χ1v) is 3.14. The van der Waals surface area contributed by atoms with Crippen molar-refractivity contribution < 1.29 is 14.3 Å². The van der Waals surface area contributed by atoms with Gasteiger partial charge in [-0.3, -0.25) is 4.90 Å². The number of carboxylic acid groups (broad SMARTS) is 1. The number of amides is 1. The van der Waals surface area contributed by atoms with Crippen LogP contribution in [-0.4, -0.2) is 18.2 Å². The molecule has 1 aromatic rings. The quantitative estimate of drug-likeness (QED) is 0.671. The molecule has 4 nitrogen and oxygen atoms in total. The monoisotopic (exact) mass is 155 g/mol. The standard InChI is InChI=1S/C7H9NO3/c1-5-3-4-6(11-5)8(2)7(9)10/h3-4H,1-2H3,(H,9,10). The van der Waals surface area contributed by atoms with E-state index < -0.39 is 6.09 Å². The lowest BCUT2D eigenvalue weighted by Crippen LogP contribution is -2.22. The van der Waals surface area contributed by atoms with Crippen LogP contribution < -0.4 is 4.90 Å². The molecule has 1 heterocycles. The fraction of sp³-hybridized carbons (Fsp3) is 0.286. The molecule has 1 rings (SSSR count). The summed E-state index contributed by atoms with van der Waals surface area (Å²) in [5.41, 5.74) is 0. The van der Waals surface area contributed by atoms with Crippen molar-refractivity contribution in [2.75, 3.05) is 11.9 Å². The van der Waals surface area contributed by atoms with E-state index >= 15 is 0 Å². The lowest BCUT2D eigenvalue weighted by Gasteiger charge is -2.07. The maximum atomic E-state index is 10.4. The highest BCUT2D eigenvalue weighted by Gasteiger charge is 2.10. The third-order valence-electron chi connectivity index (χ3n) is 1.34. The van der Waals surface area contributed by atoms with E-state index in [4.69, 9.17) is 9.52 Å². The zero-order chi connectivity index (χ0) is 8.43. The molecule has 0 spiro atoms. The summed E-state index contributed by atoms with van der Waals surface area (Å²) in [7, 11) is 1.43. The van der Waals surface area contributed by atoms with Crippen molar-refractivity contribution in [3.05, 3.63) is 17.9 Å². The van der Waals surface area contributed by atoms with Crippen molar-refractivity contribution in [1.82, 2.24) is 0 Å². The van der Waals surface area contributed by atoms with Crippen LogP contribution in [0.25, 0.3) is 0 Å². The van der Waals surface area contributed by atoms with Crippen molar-refractivity contribution in [3.63, 3.8) is 0 Å². The van der Waals surface area contributed by atoms with Gasteiger partial charge in [-0.25, -0.2) is 4.79 Å². The van der Waals surface area contributed by atoms with Gasteiger partial charge in [0.05, 0.1) is 0 Å². The fourth-order valence-electron chi connectivity index (χ4n) is 0.696. The average molecular weight is 155 g/mol. The molecule has 60 valence electrons. The molecule has 0 bridgehead atoms. The van der Waals surface area contributed by atoms with Gasteiger partial charge in [0.1, 0.15) is 5.76 Å². The first-order chi connectivity index (χ1) is 5.11. The van der Waals surface area contributed by atoms with Gasteiger partial charge < -0.3 is 9.52 Å². The second-order valence-corrected chi connectivity index (χ2v) is 2.23. The van der Waals surface area contributed by atoms with Crippen LogP contribution in [0.15, 0.2) is 16.5 Å². The van der Waals surface area contributed by atoms with E-state index in [-0.39, 0.29) is 0 Å². The van der Waals surface area contributed by atoms with Crippen molar-refractivity contribution in [1.29, 1.82) is 0 Å². The topological polar surface area (TPSA) is 53.7 Å². The van der Waals surface area contributed by atoms with Crippen LogP contribution in [-0.2, 0) is 0 Å². The molecule has 0 unspecified atom stereocenters. The van der Waals surface area contributed by atoms with Gasteiger partial charge in [0.15, 0.2) is 0 Å². The molecule has 1 aromatic heterocycles. The van der Waals surface area contributed by atoms with Gasteiger partial charge in [0.25, 0.3) is 0 Å². The van der Waals surface area contributed by atoms with Crippen LogP contribution in [0.3, 0.4) is 0 Å². The van der Waals surface area contributed by atoms with Crippen LogP contribution in [0.4, 0.5) is 10.7 Å². The molecular formula is C7H9NO3. The molecule has 0 atom stereocenters. The van der Waals surface area contributed by atoms with Crippen molar-refractivity contribution >= 4 is 12.0 Å². The predicted molar refractivity (Wildman–Crippen MR) is 39.9 cm³/mol. The maximum absolute atomic E-state index is 10.4. The highest BCUT2D eigenvalue weighted by molar-refractivity contribution is 5.83. The number of furan rings is 1. The van der Waals surface area contributed by atoms with Gasteiger partial charge in [-0.2, -0.15) is 0 Å². The van der Waals surface area contributed by atoms with E-state index in [9.17, 15) is 4.79 Å².